The molecule has 0 aliphatic rings. The van der Waals surface area contributed by atoms with Crippen molar-refractivity contribution >= 4 is 23.6 Å². The van der Waals surface area contributed by atoms with Gasteiger partial charge < -0.3 is 24.3 Å². The maximum absolute atomic E-state index is 12.4. The Kier molecular flexibility index (Phi) is 8.44. The molecule has 9 nitrogen and oxygen atoms in total. The molecule has 0 unspecified atom stereocenters. The highest BCUT2D eigenvalue weighted by molar-refractivity contribution is 6.02. The summed E-state index contributed by atoms with van der Waals surface area (Å²) in [7, 11) is 4.46. The molecule has 0 spiro atoms. The van der Waals surface area contributed by atoms with Crippen molar-refractivity contribution in [1.82, 2.24) is 5.32 Å². The number of ether oxygens (including phenoxy) is 4. The molecule has 3 amide bonds. The lowest BCUT2D eigenvalue weighted by Crippen LogP contribution is -2.37. The third-order valence-electron chi connectivity index (χ3n) is 4.09. The number of hydrogen-bond acceptors (Lipinski definition) is 7. The van der Waals surface area contributed by atoms with Gasteiger partial charge in [0.25, 0.3) is 5.91 Å². The van der Waals surface area contributed by atoms with Gasteiger partial charge in [0, 0.05) is 11.3 Å². The van der Waals surface area contributed by atoms with Crippen molar-refractivity contribution < 1.29 is 33.3 Å². The Hall–Kier alpha value is -4.01. The van der Waals surface area contributed by atoms with E-state index in [2.05, 4.69) is 17.2 Å². The Labute approximate surface area is 179 Å². The van der Waals surface area contributed by atoms with E-state index in [4.69, 9.17) is 18.9 Å². The van der Waals surface area contributed by atoms with Gasteiger partial charge in [0.05, 0.1) is 26.9 Å². The number of methoxy groups -OCH3 is 3. The van der Waals surface area contributed by atoms with E-state index in [-0.39, 0.29) is 5.56 Å². The van der Waals surface area contributed by atoms with E-state index in [1.54, 1.807) is 36.4 Å². The molecule has 9 heteroatoms. The van der Waals surface area contributed by atoms with Crippen molar-refractivity contribution in [2.45, 2.75) is 6.42 Å². The summed E-state index contributed by atoms with van der Waals surface area (Å²) in [5.41, 5.74) is 1.31. The van der Waals surface area contributed by atoms with E-state index in [9.17, 15) is 14.4 Å². The van der Waals surface area contributed by atoms with Gasteiger partial charge >= 0.3 is 12.0 Å². The van der Waals surface area contributed by atoms with Crippen molar-refractivity contribution in [3.63, 3.8) is 0 Å². The fraction of sp³-hybridized carbons (Fsp3) is 0.227. The van der Waals surface area contributed by atoms with Crippen LogP contribution in [0.2, 0.25) is 0 Å². The van der Waals surface area contributed by atoms with Crippen LogP contribution in [-0.2, 0) is 16.0 Å². The molecule has 31 heavy (non-hydrogen) atoms. The van der Waals surface area contributed by atoms with Gasteiger partial charge in [-0.1, -0.05) is 6.08 Å². The lowest BCUT2D eigenvalue weighted by Gasteiger charge is -2.14. The number of rotatable bonds is 9. The SMILES string of the molecule is C=CCc1cc(C(=O)OCC(=O)NC(=O)Nc2ccc(OC)cc2)cc(OC)c1OC. The lowest BCUT2D eigenvalue weighted by molar-refractivity contribution is -0.123. The number of allylic oxidation sites excluding steroid dienone is 1. The molecule has 0 aliphatic carbocycles. The molecule has 164 valence electrons. The van der Waals surface area contributed by atoms with Crippen LogP contribution in [0.25, 0.3) is 0 Å². The Morgan fingerprint density at radius 1 is 1.00 bits per heavy atom. The third kappa shape index (κ3) is 6.49. The Morgan fingerprint density at radius 3 is 2.29 bits per heavy atom. The van der Waals surface area contributed by atoms with Crippen molar-refractivity contribution in [3.05, 3.63) is 60.2 Å². The minimum atomic E-state index is -0.786. The quantitative estimate of drug-likeness (QED) is 0.466. The van der Waals surface area contributed by atoms with E-state index in [1.807, 2.05) is 0 Å². The molecule has 0 aliphatic heterocycles. The summed E-state index contributed by atoms with van der Waals surface area (Å²) >= 11 is 0. The van der Waals surface area contributed by atoms with Gasteiger partial charge in [-0.3, -0.25) is 10.1 Å². The van der Waals surface area contributed by atoms with Gasteiger partial charge in [-0.15, -0.1) is 6.58 Å². The molecule has 0 radical (unpaired) electrons. The normalized spacial score (nSPS) is 9.90. The molecule has 0 saturated carbocycles. The van der Waals surface area contributed by atoms with Crippen LogP contribution in [0.3, 0.4) is 0 Å². The summed E-state index contributed by atoms with van der Waals surface area (Å²) in [6, 6.07) is 8.79. The van der Waals surface area contributed by atoms with Crippen molar-refractivity contribution in [2.24, 2.45) is 0 Å². The summed E-state index contributed by atoms with van der Waals surface area (Å²) in [4.78, 5) is 36.2. The van der Waals surface area contributed by atoms with E-state index in [0.29, 0.717) is 34.9 Å². The zero-order valence-corrected chi connectivity index (χ0v) is 17.5. The maximum Gasteiger partial charge on any atom is 0.338 e. The molecular weight excluding hydrogens is 404 g/mol. The summed E-state index contributed by atoms with van der Waals surface area (Å²) in [6.07, 6.45) is 2.09. The summed E-state index contributed by atoms with van der Waals surface area (Å²) < 4.78 is 20.6. The minimum absolute atomic E-state index is 0.171. The van der Waals surface area contributed by atoms with Gasteiger partial charge in [-0.05, 0) is 42.8 Å². The number of anilines is 1. The predicted molar refractivity (Wildman–Crippen MR) is 114 cm³/mol. The average Bonchev–Trinajstić information content (AvgIpc) is 2.77. The van der Waals surface area contributed by atoms with Crippen LogP contribution in [0.5, 0.6) is 17.2 Å². The second-order valence-corrected chi connectivity index (χ2v) is 6.17. The standard InChI is InChI=1S/C22H24N2O7/c1-5-6-14-11-15(12-18(29-3)20(14)30-4)21(26)31-13-19(25)24-22(27)23-16-7-9-17(28-2)10-8-16/h5,7-12H,1,6,13H2,2-4H3,(H2,23,24,25,27). The number of hydrogen-bond donors (Lipinski definition) is 2. The minimum Gasteiger partial charge on any atom is -0.497 e. The molecule has 2 aromatic carbocycles. The molecule has 0 atom stereocenters. The number of benzene rings is 2. The highest BCUT2D eigenvalue weighted by atomic mass is 16.5. The molecule has 0 heterocycles. The molecule has 0 bridgehead atoms. The predicted octanol–water partition coefficient (Wildman–Crippen LogP) is 2.95. The Balaban J connectivity index is 1.95. The largest absolute Gasteiger partial charge is 0.497 e. The number of carbonyl (C=O) groups is 3. The molecule has 2 N–H and O–H groups in total. The zero-order valence-electron chi connectivity index (χ0n) is 17.5. The molecule has 2 rings (SSSR count). The van der Waals surface area contributed by atoms with Gasteiger partial charge in [-0.25, -0.2) is 9.59 Å². The highest BCUT2D eigenvalue weighted by Gasteiger charge is 2.18. The molecule has 0 saturated heterocycles. The fourth-order valence-corrected chi connectivity index (χ4v) is 2.68. The van der Waals surface area contributed by atoms with Crippen molar-refractivity contribution in [3.8, 4) is 17.2 Å². The number of esters is 1. The molecular formula is C22H24N2O7. The molecule has 0 fully saturated rings. The molecule has 0 aromatic heterocycles. The van der Waals surface area contributed by atoms with Crippen LogP contribution in [-0.4, -0.2) is 45.8 Å². The first kappa shape index (κ1) is 23.3. The topological polar surface area (TPSA) is 112 Å². The monoisotopic (exact) mass is 428 g/mol. The van der Waals surface area contributed by atoms with E-state index in [1.165, 1.54) is 27.4 Å². The first-order valence-electron chi connectivity index (χ1n) is 9.19. The Bertz CT molecular complexity index is 955. The lowest BCUT2D eigenvalue weighted by atomic mass is 10.1. The van der Waals surface area contributed by atoms with Gasteiger partial charge in [0.15, 0.2) is 18.1 Å². The number of urea groups is 1. The van der Waals surface area contributed by atoms with Gasteiger partial charge in [0.1, 0.15) is 5.75 Å². The van der Waals surface area contributed by atoms with E-state index in [0.717, 1.165) is 0 Å². The van der Waals surface area contributed by atoms with Crippen LogP contribution in [0.15, 0.2) is 49.1 Å². The van der Waals surface area contributed by atoms with Crippen LogP contribution >= 0.6 is 0 Å². The third-order valence-corrected chi connectivity index (χ3v) is 4.09. The molecule has 2 aromatic rings. The number of imide groups is 1. The summed E-state index contributed by atoms with van der Waals surface area (Å²) in [5, 5.41) is 4.57. The highest BCUT2D eigenvalue weighted by Crippen LogP contribution is 2.33. The Morgan fingerprint density at radius 2 is 1.71 bits per heavy atom. The second kappa shape index (κ2) is 11.2. The van der Waals surface area contributed by atoms with Crippen molar-refractivity contribution in [2.75, 3.05) is 33.3 Å². The smallest absolute Gasteiger partial charge is 0.338 e. The van der Waals surface area contributed by atoms with Crippen LogP contribution < -0.4 is 24.8 Å². The maximum atomic E-state index is 12.4. The number of nitrogens with one attached hydrogen (secondary N) is 2. The number of carbonyl (C=O) groups excluding carboxylic acids is 3. The van der Waals surface area contributed by atoms with E-state index >= 15 is 0 Å². The second-order valence-electron chi connectivity index (χ2n) is 6.17. The van der Waals surface area contributed by atoms with Crippen LogP contribution in [0.1, 0.15) is 15.9 Å². The zero-order chi connectivity index (χ0) is 22.8. The summed E-state index contributed by atoms with van der Waals surface area (Å²) in [5.74, 6) is -0.0903. The first-order chi connectivity index (χ1) is 14.9. The van der Waals surface area contributed by atoms with Gasteiger partial charge in [-0.2, -0.15) is 0 Å². The van der Waals surface area contributed by atoms with Crippen LogP contribution in [0, 0.1) is 0 Å². The van der Waals surface area contributed by atoms with E-state index < -0.39 is 24.5 Å². The first-order valence-corrected chi connectivity index (χ1v) is 9.19. The van der Waals surface area contributed by atoms with Gasteiger partial charge in [0.2, 0.25) is 0 Å². The van der Waals surface area contributed by atoms with Crippen molar-refractivity contribution in [1.29, 1.82) is 0 Å². The van der Waals surface area contributed by atoms with Crippen LogP contribution in [0.4, 0.5) is 10.5 Å². The number of amides is 3. The summed E-state index contributed by atoms with van der Waals surface area (Å²) in [6.45, 7) is 3.04. The fourth-order valence-electron chi connectivity index (χ4n) is 2.68. The average molecular weight is 428 g/mol.